The Kier molecular flexibility index (Phi) is 5.06. The van der Waals surface area contributed by atoms with E-state index in [1.807, 2.05) is 12.3 Å². The molecule has 0 N–H and O–H groups in total. The summed E-state index contributed by atoms with van der Waals surface area (Å²) in [6, 6.07) is 10.7. The van der Waals surface area contributed by atoms with Crippen molar-refractivity contribution >= 4 is 22.2 Å². The molecule has 0 radical (unpaired) electrons. The van der Waals surface area contributed by atoms with Crippen LogP contribution in [0.2, 0.25) is 0 Å². The zero-order valence-electron chi connectivity index (χ0n) is 14.5. The molecule has 25 heavy (non-hydrogen) atoms. The molecule has 1 fully saturated rings. The zero-order chi connectivity index (χ0) is 17.1. The van der Waals surface area contributed by atoms with Crippen molar-refractivity contribution in [1.29, 1.82) is 0 Å². The topological polar surface area (TPSA) is 38.2 Å². The summed E-state index contributed by atoms with van der Waals surface area (Å²) in [7, 11) is 0. The molecule has 1 aromatic carbocycles. The third-order valence-electron chi connectivity index (χ3n) is 4.67. The average Bonchev–Trinajstić information content (AvgIpc) is 2.90. The molecule has 130 valence electrons. The summed E-state index contributed by atoms with van der Waals surface area (Å²) in [6.07, 6.45) is 2.89. The second-order valence-corrected chi connectivity index (χ2v) is 7.83. The third kappa shape index (κ3) is 4.24. The number of thiazole rings is 1. The number of ether oxygens (including phenoxy) is 1. The molecular weight excluding hydrogens is 330 g/mol. The van der Waals surface area contributed by atoms with E-state index in [0.29, 0.717) is 5.92 Å². The van der Waals surface area contributed by atoms with E-state index in [1.54, 1.807) is 11.3 Å². The Labute approximate surface area is 152 Å². The highest BCUT2D eigenvalue weighted by atomic mass is 32.1. The summed E-state index contributed by atoms with van der Waals surface area (Å²) in [5.41, 5.74) is 3.60. The molecule has 0 unspecified atom stereocenters. The normalized spacial score (nSPS) is 19.2. The number of hydrogen-bond donors (Lipinski definition) is 0. The number of nitrogens with zero attached hydrogens (tertiary/aromatic N) is 3. The van der Waals surface area contributed by atoms with Crippen molar-refractivity contribution in [2.75, 3.05) is 26.3 Å². The van der Waals surface area contributed by atoms with Gasteiger partial charge in [-0.2, -0.15) is 0 Å². The second-order valence-electron chi connectivity index (χ2n) is 6.77. The largest absolute Gasteiger partial charge is 0.380 e. The first kappa shape index (κ1) is 16.6. The number of benzene rings is 1. The van der Waals surface area contributed by atoms with Crippen LogP contribution in [0, 0.1) is 12.8 Å². The third-order valence-corrected chi connectivity index (χ3v) is 5.49. The second kappa shape index (κ2) is 7.60. The molecule has 3 heterocycles. The smallest absolute Gasteiger partial charge is 0.0897 e. The number of hydrogen-bond acceptors (Lipinski definition) is 5. The fourth-order valence-corrected chi connectivity index (χ4v) is 4.12. The van der Waals surface area contributed by atoms with Crippen molar-refractivity contribution in [2.24, 2.45) is 5.92 Å². The molecule has 1 aliphatic heterocycles. The van der Waals surface area contributed by atoms with Crippen LogP contribution in [-0.2, 0) is 17.7 Å². The lowest BCUT2D eigenvalue weighted by atomic mass is 9.98. The van der Waals surface area contributed by atoms with E-state index in [2.05, 4.69) is 51.4 Å². The molecule has 4 rings (SSSR count). The van der Waals surface area contributed by atoms with Crippen LogP contribution >= 0.6 is 11.3 Å². The standard InChI is InChI=1S/C20H23N3OS/c1-15-22-19(14-25-15)12-23-7-8-24-13-17(11-23)9-16-4-5-20-18(10-16)3-2-6-21-20/h2-6,10,14,17H,7-9,11-13H2,1H3/t17-/m1/s1. The Morgan fingerprint density at radius 3 is 3.16 bits per heavy atom. The molecule has 0 bridgehead atoms. The van der Waals surface area contributed by atoms with Gasteiger partial charge in [0.25, 0.3) is 0 Å². The highest BCUT2D eigenvalue weighted by Crippen LogP contribution is 2.20. The summed E-state index contributed by atoms with van der Waals surface area (Å²) in [5.74, 6) is 0.511. The van der Waals surface area contributed by atoms with Gasteiger partial charge in [0.05, 0.1) is 29.4 Å². The van der Waals surface area contributed by atoms with Crippen LogP contribution < -0.4 is 0 Å². The van der Waals surface area contributed by atoms with E-state index in [1.165, 1.54) is 16.6 Å². The summed E-state index contributed by atoms with van der Waals surface area (Å²) >= 11 is 1.73. The number of rotatable bonds is 4. The SMILES string of the molecule is Cc1nc(CN2CCOC[C@H](Cc3ccc4ncccc4c3)C2)cs1. The first-order valence-corrected chi connectivity index (χ1v) is 9.69. The minimum Gasteiger partial charge on any atom is -0.380 e. The molecule has 1 atom stereocenters. The number of pyridine rings is 1. The lowest BCUT2D eigenvalue weighted by Crippen LogP contribution is -2.30. The number of aryl methyl sites for hydroxylation is 1. The van der Waals surface area contributed by atoms with E-state index < -0.39 is 0 Å². The van der Waals surface area contributed by atoms with Crippen LogP contribution in [0.25, 0.3) is 10.9 Å². The van der Waals surface area contributed by atoms with E-state index in [9.17, 15) is 0 Å². The molecule has 5 heteroatoms. The van der Waals surface area contributed by atoms with Gasteiger partial charge in [-0.15, -0.1) is 11.3 Å². The minimum absolute atomic E-state index is 0.511. The van der Waals surface area contributed by atoms with Gasteiger partial charge >= 0.3 is 0 Å². The Morgan fingerprint density at radius 2 is 2.28 bits per heavy atom. The van der Waals surface area contributed by atoms with Crippen molar-refractivity contribution < 1.29 is 4.74 Å². The van der Waals surface area contributed by atoms with Gasteiger partial charge in [0.15, 0.2) is 0 Å². The first-order chi connectivity index (χ1) is 12.3. The van der Waals surface area contributed by atoms with Gasteiger partial charge in [0.2, 0.25) is 0 Å². The van der Waals surface area contributed by atoms with Gasteiger partial charge in [-0.3, -0.25) is 9.88 Å². The average molecular weight is 353 g/mol. The fraction of sp³-hybridized carbons (Fsp3) is 0.400. The van der Waals surface area contributed by atoms with Gasteiger partial charge in [-0.05, 0) is 43.0 Å². The quantitative estimate of drug-likeness (QED) is 0.717. The lowest BCUT2D eigenvalue weighted by Gasteiger charge is -2.22. The van der Waals surface area contributed by atoms with E-state index in [-0.39, 0.29) is 0 Å². The molecular formula is C20H23N3OS. The monoisotopic (exact) mass is 353 g/mol. The molecule has 1 saturated heterocycles. The molecule has 0 amide bonds. The molecule has 0 saturated carbocycles. The Morgan fingerprint density at radius 1 is 1.32 bits per heavy atom. The van der Waals surface area contributed by atoms with Crippen molar-refractivity contribution in [3.05, 3.63) is 58.2 Å². The Bertz CT molecular complexity index is 848. The van der Waals surface area contributed by atoms with Crippen molar-refractivity contribution in [3.63, 3.8) is 0 Å². The van der Waals surface area contributed by atoms with Crippen LogP contribution in [0.3, 0.4) is 0 Å². The number of fused-ring (bicyclic) bond motifs is 1. The van der Waals surface area contributed by atoms with Crippen molar-refractivity contribution in [2.45, 2.75) is 19.9 Å². The first-order valence-electron chi connectivity index (χ1n) is 8.81. The maximum absolute atomic E-state index is 5.87. The van der Waals surface area contributed by atoms with Gasteiger partial charge in [-0.25, -0.2) is 4.98 Å². The molecule has 4 nitrogen and oxygen atoms in total. The molecule has 3 aromatic rings. The van der Waals surface area contributed by atoms with Gasteiger partial charge in [0.1, 0.15) is 0 Å². The predicted octanol–water partition coefficient (Wildman–Crippen LogP) is 3.69. The fourth-order valence-electron chi connectivity index (χ4n) is 3.52. The maximum Gasteiger partial charge on any atom is 0.0897 e. The van der Waals surface area contributed by atoms with Gasteiger partial charge in [0, 0.05) is 36.6 Å². The Hall–Kier alpha value is -1.82. The summed E-state index contributed by atoms with van der Waals surface area (Å²) in [6.45, 7) is 6.66. The molecule has 0 spiro atoms. The van der Waals surface area contributed by atoms with E-state index in [0.717, 1.165) is 49.8 Å². The molecule has 1 aliphatic rings. The minimum atomic E-state index is 0.511. The van der Waals surface area contributed by atoms with Crippen LogP contribution in [0.4, 0.5) is 0 Å². The van der Waals surface area contributed by atoms with Crippen molar-refractivity contribution in [3.8, 4) is 0 Å². The zero-order valence-corrected chi connectivity index (χ0v) is 15.3. The van der Waals surface area contributed by atoms with Crippen LogP contribution in [-0.4, -0.2) is 41.2 Å². The molecule has 0 aliphatic carbocycles. The van der Waals surface area contributed by atoms with Crippen LogP contribution in [0.1, 0.15) is 16.3 Å². The van der Waals surface area contributed by atoms with Crippen LogP contribution in [0.15, 0.2) is 41.9 Å². The highest BCUT2D eigenvalue weighted by molar-refractivity contribution is 7.09. The van der Waals surface area contributed by atoms with Crippen LogP contribution in [0.5, 0.6) is 0 Å². The van der Waals surface area contributed by atoms with Gasteiger partial charge in [-0.1, -0.05) is 12.1 Å². The Balaban J connectivity index is 1.44. The summed E-state index contributed by atoms with van der Waals surface area (Å²) in [4.78, 5) is 11.5. The summed E-state index contributed by atoms with van der Waals surface area (Å²) in [5, 5.41) is 4.53. The summed E-state index contributed by atoms with van der Waals surface area (Å²) < 4.78 is 5.87. The number of aromatic nitrogens is 2. The predicted molar refractivity (Wildman–Crippen MR) is 102 cm³/mol. The van der Waals surface area contributed by atoms with E-state index >= 15 is 0 Å². The highest BCUT2D eigenvalue weighted by Gasteiger charge is 2.20. The molecule has 2 aromatic heterocycles. The van der Waals surface area contributed by atoms with Gasteiger partial charge < -0.3 is 4.74 Å². The van der Waals surface area contributed by atoms with Crippen molar-refractivity contribution in [1.82, 2.24) is 14.9 Å². The maximum atomic E-state index is 5.87. The van der Waals surface area contributed by atoms with E-state index in [4.69, 9.17) is 4.74 Å². The lowest BCUT2D eigenvalue weighted by molar-refractivity contribution is 0.121.